The zero-order chi connectivity index (χ0) is 22.9. The molecule has 0 saturated heterocycles. The van der Waals surface area contributed by atoms with Gasteiger partial charge in [0.05, 0.1) is 18.4 Å². The van der Waals surface area contributed by atoms with Gasteiger partial charge in [-0.2, -0.15) is 10.2 Å². The molecule has 0 fully saturated rings. The van der Waals surface area contributed by atoms with Gasteiger partial charge in [0, 0.05) is 35.1 Å². The van der Waals surface area contributed by atoms with E-state index in [2.05, 4.69) is 30.6 Å². The molecule has 33 heavy (non-hydrogen) atoms. The summed E-state index contributed by atoms with van der Waals surface area (Å²) in [7, 11) is 0. The van der Waals surface area contributed by atoms with Crippen molar-refractivity contribution in [1.29, 1.82) is 0 Å². The summed E-state index contributed by atoms with van der Waals surface area (Å²) in [5.41, 5.74) is 4.50. The molecule has 0 unspecified atom stereocenters. The number of hydrogen-bond acceptors (Lipinski definition) is 6. The highest BCUT2D eigenvalue weighted by Crippen LogP contribution is 2.23. The number of halogens is 1. The highest BCUT2D eigenvalue weighted by Gasteiger charge is 2.17. The van der Waals surface area contributed by atoms with Crippen LogP contribution in [0.3, 0.4) is 0 Å². The van der Waals surface area contributed by atoms with Crippen molar-refractivity contribution in [3.63, 3.8) is 0 Å². The second kappa shape index (κ2) is 8.47. The summed E-state index contributed by atoms with van der Waals surface area (Å²) in [5.74, 6) is -0.236. The topological polar surface area (TPSA) is 108 Å². The lowest BCUT2D eigenvalue weighted by Gasteiger charge is -2.04. The van der Waals surface area contributed by atoms with Crippen LogP contribution in [0, 0.1) is 6.92 Å². The van der Waals surface area contributed by atoms with E-state index >= 15 is 0 Å². The third kappa shape index (κ3) is 4.08. The number of carbonyl (C=O) groups excluding carboxylic acids is 1. The molecule has 4 heterocycles. The highest BCUT2D eigenvalue weighted by atomic mass is 35.5. The second-order valence-electron chi connectivity index (χ2n) is 7.44. The van der Waals surface area contributed by atoms with Crippen LogP contribution >= 0.6 is 11.6 Å². The molecule has 5 aromatic rings. The van der Waals surface area contributed by atoms with E-state index in [0.29, 0.717) is 17.2 Å². The average molecular weight is 462 g/mol. The Morgan fingerprint density at radius 1 is 1.15 bits per heavy atom. The van der Waals surface area contributed by atoms with E-state index in [-0.39, 0.29) is 11.6 Å². The molecule has 166 valence electrons. The minimum atomic E-state index is -0.423. The third-order valence-electron chi connectivity index (χ3n) is 5.26. The van der Waals surface area contributed by atoms with Crippen molar-refractivity contribution in [1.82, 2.24) is 39.1 Å². The number of amides is 1. The Balaban J connectivity index is 1.37. The molecule has 0 saturated carbocycles. The standard InChI is InChI=1S/C22H20ClN9O/c1-3-31-14(2)17(11-26-31)19-7-8-24-20-10-18(28-32(19)20)21(33)27-22-25-13-30(29-22)12-15-5-4-6-16(23)9-15/h4-11,13H,3,12H2,1-2H3,(H,27,29,33). The Labute approximate surface area is 193 Å². The van der Waals surface area contributed by atoms with Crippen molar-refractivity contribution in [2.45, 2.75) is 26.9 Å². The number of aromatic nitrogens is 8. The largest absolute Gasteiger partial charge is 0.288 e. The number of benzene rings is 1. The van der Waals surface area contributed by atoms with Crippen LogP contribution in [0.2, 0.25) is 5.02 Å². The Morgan fingerprint density at radius 3 is 2.82 bits per heavy atom. The first-order valence-corrected chi connectivity index (χ1v) is 10.7. The molecule has 10 nitrogen and oxygen atoms in total. The Bertz CT molecular complexity index is 1470. The van der Waals surface area contributed by atoms with Crippen LogP contribution in [0.5, 0.6) is 0 Å². The SMILES string of the molecule is CCn1ncc(-c2ccnc3cc(C(=O)Nc4ncn(Cc5cccc(Cl)c5)n4)nn23)c1C. The number of carbonyl (C=O) groups is 1. The molecule has 4 aromatic heterocycles. The quantitative estimate of drug-likeness (QED) is 0.415. The molecule has 1 aromatic carbocycles. The van der Waals surface area contributed by atoms with Crippen LogP contribution in [0.15, 0.2) is 55.1 Å². The Kier molecular flexibility index (Phi) is 5.35. The van der Waals surface area contributed by atoms with Crippen LogP contribution in [-0.2, 0) is 13.1 Å². The number of nitrogens with zero attached hydrogens (tertiary/aromatic N) is 8. The second-order valence-corrected chi connectivity index (χ2v) is 7.88. The van der Waals surface area contributed by atoms with Gasteiger partial charge in [-0.3, -0.25) is 14.8 Å². The predicted octanol–water partition coefficient (Wildman–Crippen LogP) is 3.47. The maximum atomic E-state index is 12.8. The van der Waals surface area contributed by atoms with Crippen LogP contribution in [0.1, 0.15) is 28.7 Å². The molecular weight excluding hydrogens is 442 g/mol. The van der Waals surface area contributed by atoms with Gasteiger partial charge in [0.15, 0.2) is 11.3 Å². The van der Waals surface area contributed by atoms with Gasteiger partial charge >= 0.3 is 0 Å². The van der Waals surface area contributed by atoms with Crippen molar-refractivity contribution < 1.29 is 4.79 Å². The minimum absolute atomic E-state index is 0.187. The van der Waals surface area contributed by atoms with E-state index in [4.69, 9.17) is 11.6 Å². The summed E-state index contributed by atoms with van der Waals surface area (Å²) in [6, 6.07) is 11.0. The van der Waals surface area contributed by atoms with Gasteiger partial charge in [-0.25, -0.2) is 19.2 Å². The molecular formula is C22H20ClN9O. The van der Waals surface area contributed by atoms with E-state index < -0.39 is 5.91 Å². The predicted molar refractivity (Wildman–Crippen MR) is 123 cm³/mol. The van der Waals surface area contributed by atoms with E-state index in [1.807, 2.05) is 48.9 Å². The van der Waals surface area contributed by atoms with Crippen LogP contribution < -0.4 is 5.32 Å². The summed E-state index contributed by atoms with van der Waals surface area (Å²) in [4.78, 5) is 21.3. The first-order chi connectivity index (χ1) is 16.0. The molecule has 0 radical (unpaired) electrons. The summed E-state index contributed by atoms with van der Waals surface area (Å²) < 4.78 is 5.17. The summed E-state index contributed by atoms with van der Waals surface area (Å²) >= 11 is 6.03. The van der Waals surface area contributed by atoms with Crippen molar-refractivity contribution >= 4 is 29.1 Å². The summed E-state index contributed by atoms with van der Waals surface area (Å²) in [6.45, 7) is 5.28. The van der Waals surface area contributed by atoms with Gasteiger partial charge in [-0.15, -0.1) is 5.10 Å². The lowest BCUT2D eigenvalue weighted by Crippen LogP contribution is -2.14. The van der Waals surface area contributed by atoms with Crippen molar-refractivity contribution in [2.24, 2.45) is 0 Å². The number of fused-ring (bicyclic) bond motifs is 1. The zero-order valence-corrected chi connectivity index (χ0v) is 18.7. The Hall–Kier alpha value is -4.05. The molecule has 5 rings (SSSR count). The molecule has 0 aliphatic rings. The van der Waals surface area contributed by atoms with Gasteiger partial charge < -0.3 is 0 Å². The summed E-state index contributed by atoms with van der Waals surface area (Å²) in [6.07, 6.45) is 5.04. The van der Waals surface area contributed by atoms with Crippen LogP contribution in [-0.4, -0.2) is 45.1 Å². The lowest BCUT2D eigenvalue weighted by atomic mass is 10.2. The molecule has 0 atom stereocenters. The van der Waals surface area contributed by atoms with Gasteiger partial charge in [0.25, 0.3) is 5.91 Å². The third-order valence-corrected chi connectivity index (χ3v) is 5.50. The van der Waals surface area contributed by atoms with E-state index in [0.717, 1.165) is 29.1 Å². The maximum absolute atomic E-state index is 12.8. The summed E-state index contributed by atoms with van der Waals surface area (Å²) in [5, 5.41) is 16.5. The number of aryl methyl sites for hydroxylation is 1. The Morgan fingerprint density at radius 2 is 2.03 bits per heavy atom. The fourth-order valence-electron chi connectivity index (χ4n) is 3.64. The van der Waals surface area contributed by atoms with Crippen molar-refractivity contribution in [3.05, 3.63) is 77.1 Å². The monoisotopic (exact) mass is 461 g/mol. The maximum Gasteiger partial charge on any atom is 0.278 e. The molecule has 11 heteroatoms. The molecule has 1 N–H and O–H groups in total. The van der Waals surface area contributed by atoms with Gasteiger partial charge in [-0.05, 0) is 37.6 Å². The molecule has 1 amide bonds. The average Bonchev–Trinajstić information content (AvgIpc) is 3.52. The van der Waals surface area contributed by atoms with E-state index in [9.17, 15) is 4.79 Å². The van der Waals surface area contributed by atoms with Crippen molar-refractivity contribution in [2.75, 3.05) is 5.32 Å². The smallest absolute Gasteiger partial charge is 0.278 e. The van der Waals surface area contributed by atoms with Gasteiger partial charge in [0.1, 0.15) is 6.33 Å². The highest BCUT2D eigenvalue weighted by molar-refractivity contribution is 6.30. The fraction of sp³-hybridized carbons (Fsp3) is 0.182. The first-order valence-electron chi connectivity index (χ1n) is 10.3. The fourth-order valence-corrected chi connectivity index (χ4v) is 3.86. The van der Waals surface area contributed by atoms with Crippen LogP contribution in [0.4, 0.5) is 5.95 Å². The van der Waals surface area contributed by atoms with Gasteiger partial charge in [-0.1, -0.05) is 23.7 Å². The molecule has 0 bridgehead atoms. The van der Waals surface area contributed by atoms with Gasteiger partial charge in [0.2, 0.25) is 5.95 Å². The molecule has 0 aliphatic heterocycles. The number of rotatable bonds is 6. The number of anilines is 1. The van der Waals surface area contributed by atoms with Crippen molar-refractivity contribution in [3.8, 4) is 11.3 Å². The molecule has 0 aliphatic carbocycles. The van der Waals surface area contributed by atoms with Crippen LogP contribution in [0.25, 0.3) is 16.9 Å². The zero-order valence-electron chi connectivity index (χ0n) is 18.0. The number of hydrogen-bond donors (Lipinski definition) is 1. The van der Waals surface area contributed by atoms with E-state index in [1.165, 1.54) is 0 Å². The molecule has 0 spiro atoms. The lowest BCUT2D eigenvalue weighted by molar-refractivity contribution is 0.102. The van der Waals surface area contributed by atoms with E-state index in [1.54, 1.807) is 34.0 Å². The number of nitrogens with one attached hydrogen (secondary N) is 1. The normalized spacial score (nSPS) is 11.2. The first kappa shape index (κ1) is 20.8. The minimum Gasteiger partial charge on any atom is -0.288 e.